The summed E-state index contributed by atoms with van der Waals surface area (Å²) >= 11 is 0. The minimum atomic E-state index is -0.985. The fourth-order valence-electron chi connectivity index (χ4n) is 2.52. The first-order valence-corrected chi connectivity index (χ1v) is 8.71. The van der Waals surface area contributed by atoms with Crippen molar-refractivity contribution in [3.8, 4) is 11.5 Å². The number of carbonyl (C=O) groups excluding carboxylic acids is 2. The summed E-state index contributed by atoms with van der Waals surface area (Å²) in [6, 6.07) is 16.3. The second-order valence-corrected chi connectivity index (χ2v) is 6.18. The summed E-state index contributed by atoms with van der Waals surface area (Å²) in [6.45, 7) is 4.75. The number of benzene rings is 2. The molecule has 0 radical (unpaired) electrons. The van der Waals surface area contributed by atoms with Gasteiger partial charge in [0.05, 0.1) is 5.69 Å². The molecule has 3 rings (SSSR count). The number of nitrogens with zero attached hydrogens (tertiary/aromatic N) is 1. The van der Waals surface area contributed by atoms with E-state index in [4.69, 9.17) is 14.0 Å². The molecule has 1 atom stereocenters. The molecule has 7 heteroatoms. The number of aryl methyl sites for hydroxylation is 2. The smallest absolute Gasteiger partial charge is 0.344 e. The SMILES string of the molecule is Cc1noc(C)c1C(=O)O[C@@H](C)C(=O)Nc1ccc(Oc2ccccc2)cc1. The van der Waals surface area contributed by atoms with Crippen molar-refractivity contribution in [3.05, 3.63) is 71.6 Å². The molecule has 0 spiro atoms. The number of hydrogen-bond donors (Lipinski definition) is 1. The van der Waals surface area contributed by atoms with Crippen molar-refractivity contribution in [1.82, 2.24) is 5.16 Å². The lowest BCUT2D eigenvalue weighted by molar-refractivity contribution is -0.123. The average Bonchev–Trinajstić information content (AvgIpc) is 3.02. The van der Waals surface area contributed by atoms with Gasteiger partial charge in [-0.2, -0.15) is 0 Å². The topological polar surface area (TPSA) is 90.7 Å². The van der Waals surface area contributed by atoms with Crippen LogP contribution in [-0.4, -0.2) is 23.1 Å². The maximum atomic E-state index is 12.3. The zero-order valence-electron chi connectivity index (χ0n) is 15.8. The van der Waals surface area contributed by atoms with E-state index in [1.54, 1.807) is 38.1 Å². The van der Waals surface area contributed by atoms with Gasteiger partial charge in [-0.1, -0.05) is 23.4 Å². The number of carbonyl (C=O) groups is 2. The number of esters is 1. The number of para-hydroxylation sites is 1. The van der Waals surface area contributed by atoms with Gasteiger partial charge in [0.25, 0.3) is 5.91 Å². The highest BCUT2D eigenvalue weighted by atomic mass is 16.5. The maximum absolute atomic E-state index is 12.3. The van der Waals surface area contributed by atoms with Crippen LogP contribution in [0.15, 0.2) is 59.1 Å². The summed E-state index contributed by atoms with van der Waals surface area (Å²) in [7, 11) is 0. The lowest BCUT2D eigenvalue weighted by atomic mass is 10.2. The molecule has 0 bridgehead atoms. The molecular weight excluding hydrogens is 360 g/mol. The molecule has 3 aromatic rings. The van der Waals surface area contributed by atoms with Crippen LogP contribution in [0.3, 0.4) is 0 Å². The van der Waals surface area contributed by atoms with Crippen molar-refractivity contribution >= 4 is 17.6 Å². The molecule has 0 aliphatic heterocycles. The monoisotopic (exact) mass is 380 g/mol. The van der Waals surface area contributed by atoms with Crippen LogP contribution in [0.4, 0.5) is 5.69 Å². The van der Waals surface area contributed by atoms with Crippen molar-refractivity contribution in [2.75, 3.05) is 5.32 Å². The van der Waals surface area contributed by atoms with Gasteiger partial charge in [0.2, 0.25) is 0 Å². The molecule has 1 amide bonds. The average molecular weight is 380 g/mol. The predicted octanol–water partition coefficient (Wildman–Crippen LogP) is 4.27. The van der Waals surface area contributed by atoms with Crippen LogP contribution >= 0.6 is 0 Å². The van der Waals surface area contributed by atoms with Crippen LogP contribution in [0.25, 0.3) is 0 Å². The summed E-state index contributed by atoms with van der Waals surface area (Å²) < 4.78 is 15.9. The Bertz CT molecular complexity index is 945. The number of aromatic nitrogens is 1. The number of ether oxygens (including phenoxy) is 2. The number of nitrogens with one attached hydrogen (secondary N) is 1. The fraction of sp³-hybridized carbons (Fsp3) is 0.190. The van der Waals surface area contributed by atoms with E-state index in [-0.39, 0.29) is 5.56 Å². The van der Waals surface area contributed by atoms with E-state index in [1.165, 1.54) is 6.92 Å². The Morgan fingerprint density at radius 2 is 1.64 bits per heavy atom. The highest BCUT2D eigenvalue weighted by Crippen LogP contribution is 2.23. The highest BCUT2D eigenvalue weighted by molar-refractivity contribution is 5.98. The molecule has 0 aliphatic rings. The second kappa shape index (κ2) is 8.39. The Kier molecular flexibility index (Phi) is 5.74. The largest absolute Gasteiger partial charge is 0.457 e. The van der Waals surface area contributed by atoms with E-state index in [1.807, 2.05) is 30.3 Å². The van der Waals surface area contributed by atoms with Gasteiger partial charge in [0.1, 0.15) is 22.8 Å². The number of amides is 1. The minimum absolute atomic E-state index is 0.238. The van der Waals surface area contributed by atoms with Crippen LogP contribution in [-0.2, 0) is 9.53 Å². The van der Waals surface area contributed by atoms with E-state index in [0.29, 0.717) is 22.9 Å². The molecule has 0 aliphatic carbocycles. The minimum Gasteiger partial charge on any atom is -0.457 e. The molecule has 0 saturated carbocycles. The third-order valence-corrected chi connectivity index (χ3v) is 3.99. The summed E-state index contributed by atoms with van der Waals surface area (Å²) in [6.07, 6.45) is -0.985. The predicted molar refractivity (Wildman–Crippen MR) is 102 cm³/mol. The molecule has 0 fully saturated rings. The highest BCUT2D eigenvalue weighted by Gasteiger charge is 2.24. The lowest BCUT2D eigenvalue weighted by Crippen LogP contribution is -2.30. The number of hydrogen-bond acceptors (Lipinski definition) is 6. The van der Waals surface area contributed by atoms with Crippen molar-refractivity contribution < 1.29 is 23.6 Å². The summed E-state index contributed by atoms with van der Waals surface area (Å²) in [4.78, 5) is 24.5. The van der Waals surface area contributed by atoms with Crippen LogP contribution < -0.4 is 10.1 Å². The maximum Gasteiger partial charge on any atom is 0.344 e. The molecule has 144 valence electrons. The van der Waals surface area contributed by atoms with Gasteiger partial charge in [-0.05, 0) is 57.2 Å². The first kappa shape index (κ1) is 19.2. The Hall–Kier alpha value is -3.61. The summed E-state index contributed by atoms with van der Waals surface area (Å²) in [5.41, 5.74) is 1.22. The fourth-order valence-corrected chi connectivity index (χ4v) is 2.52. The molecule has 0 saturated heterocycles. The first-order chi connectivity index (χ1) is 13.4. The standard InChI is InChI=1S/C21H20N2O5/c1-13-19(14(2)28-23-13)21(25)26-15(3)20(24)22-16-9-11-18(12-10-16)27-17-7-5-4-6-8-17/h4-12,15H,1-3H3,(H,22,24)/t15-/m0/s1. The van der Waals surface area contributed by atoms with Gasteiger partial charge in [-0.3, -0.25) is 4.79 Å². The third-order valence-electron chi connectivity index (χ3n) is 3.99. The number of anilines is 1. The van der Waals surface area contributed by atoms with E-state index < -0.39 is 18.0 Å². The Morgan fingerprint density at radius 3 is 2.25 bits per heavy atom. The molecule has 0 unspecified atom stereocenters. The lowest BCUT2D eigenvalue weighted by Gasteiger charge is -2.14. The summed E-state index contributed by atoms with van der Waals surface area (Å²) in [5, 5.41) is 6.41. The third kappa shape index (κ3) is 4.56. The summed E-state index contributed by atoms with van der Waals surface area (Å²) in [5.74, 6) is 0.618. The molecule has 2 aromatic carbocycles. The molecule has 1 aromatic heterocycles. The van der Waals surface area contributed by atoms with Crippen molar-refractivity contribution in [2.24, 2.45) is 0 Å². The normalized spacial score (nSPS) is 11.5. The van der Waals surface area contributed by atoms with E-state index in [2.05, 4.69) is 10.5 Å². The quantitative estimate of drug-likeness (QED) is 0.642. The molecule has 28 heavy (non-hydrogen) atoms. The van der Waals surface area contributed by atoms with E-state index in [9.17, 15) is 9.59 Å². The Labute approximate surface area is 162 Å². The van der Waals surface area contributed by atoms with Gasteiger partial charge in [0.15, 0.2) is 6.10 Å². The zero-order chi connectivity index (χ0) is 20.1. The van der Waals surface area contributed by atoms with Gasteiger partial charge in [-0.25, -0.2) is 4.79 Å². The molecule has 1 N–H and O–H groups in total. The van der Waals surface area contributed by atoms with Gasteiger partial charge in [-0.15, -0.1) is 0 Å². The van der Waals surface area contributed by atoms with E-state index in [0.717, 1.165) is 5.75 Å². The Morgan fingerprint density at radius 1 is 1.00 bits per heavy atom. The van der Waals surface area contributed by atoms with Gasteiger partial charge >= 0.3 is 5.97 Å². The zero-order valence-corrected chi connectivity index (χ0v) is 15.8. The van der Waals surface area contributed by atoms with Gasteiger partial charge in [0, 0.05) is 5.69 Å². The molecular formula is C21H20N2O5. The first-order valence-electron chi connectivity index (χ1n) is 8.71. The second-order valence-electron chi connectivity index (χ2n) is 6.18. The van der Waals surface area contributed by atoms with Crippen LogP contribution in [0.5, 0.6) is 11.5 Å². The Balaban J connectivity index is 1.57. The number of rotatable bonds is 6. The molecule has 7 nitrogen and oxygen atoms in total. The van der Waals surface area contributed by atoms with Crippen molar-refractivity contribution in [1.29, 1.82) is 0 Å². The van der Waals surface area contributed by atoms with E-state index >= 15 is 0 Å². The van der Waals surface area contributed by atoms with Crippen molar-refractivity contribution in [2.45, 2.75) is 26.9 Å². The van der Waals surface area contributed by atoms with Gasteiger partial charge < -0.3 is 19.3 Å². The molecule has 1 heterocycles. The van der Waals surface area contributed by atoms with Crippen LogP contribution in [0.2, 0.25) is 0 Å². The van der Waals surface area contributed by atoms with Crippen LogP contribution in [0.1, 0.15) is 28.7 Å². The van der Waals surface area contributed by atoms with Crippen molar-refractivity contribution in [3.63, 3.8) is 0 Å². The van der Waals surface area contributed by atoms with Crippen LogP contribution in [0, 0.1) is 13.8 Å².